The van der Waals surface area contributed by atoms with Crippen LogP contribution in [0.15, 0.2) is 23.1 Å². The minimum Gasteiger partial charge on any atom is -0.374 e. The van der Waals surface area contributed by atoms with Crippen LogP contribution in [0.4, 0.5) is 0 Å². The molecule has 5 nitrogen and oxygen atoms in total. The average Bonchev–Trinajstić information content (AvgIpc) is 2.38. The third kappa shape index (κ3) is 3.63. The van der Waals surface area contributed by atoms with Crippen molar-refractivity contribution in [2.75, 3.05) is 26.2 Å². The van der Waals surface area contributed by atoms with Gasteiger partial charge in [0.15, 0.2) is 0 Å². The van der Waals surface area contributed by atoms with Gasteiger partial charge in [-0.1, -0.05) is 11.6 Å². The normalized spacial score (nSPS) is 20.4. The van der Waals surface area contributed by atoms with Crippen molar-refractivity contribution >= 4 is 34.0 Å². The van der Waals surface area contributed by atoms with E-state index in [9.17, 15) is 8.42 Å². The van der Waals surface area contributed by atoms with Crippen LogP contribution in [0.1, 0.15) is 5.56 Å². The Morgan fingerprint density at radius 2 is 2.20 bits per heavy atom. The summed E-state index contributed by atoms with van der Waals surface area (Å²) >= 11 is 5.85. The van der Waals surface area contributed by atoms with E-state index in [1.54, 1.807) is 25.1 Å². The SMILES string of the molecule is Cc1cc(Cl)ccc1S(=O)(=O)N1CCOC(CN)C1.Cl. The number of halogens is 2. The summed E-state index contributed by atoms with van der Waals surface area (Å²) in [5.74, 6) is 0. The molecule has 0 spiro atoms. The first-order chi connectivity index (χ1) is 8.95. The summed E-state index contributed by atoms with van der Waals surface area (Å²) in [4.78, 5) is 0.287. The first kappa shape index (κ1) is 17.7. The van der Waals surface area contributed by atoms with Crippen molar-refractivity contribution in [1.82, 2.24) is 4.31 Å². The number of nitrogens with two attached hydrogens (primary N) is 1. The van der Waals surface area contributed by atoms with Crippen LogP contribution in [0.3, 0.4) is 0 Å². The summed E-state index contributed by atoms with van der Waals surface area (Å²) in [5.41, 5.74) is 6.18. The first-order valence-corrected chi connectivity index (χ1v) is 7.85. The Morgan fingerprint density at radius 1 is 1.50 bits per heavy atom. The first-order valence-electron chi connectivity index (χ1n) is 6.03. The van der Waals surface area contributed by atoms with Gasteiger partial charge in [-0.2, -0.15) is 4.31 Å². The van der Waals surface area contributed by atoms with E-state index >= 15 is 0 Å². The highest BCUT2D eigenvalue weighted by Crippen LogP contribution is 2.24. The zero-order valence-corrected chi connectivity index (χ0v) is 13.5. The van der Waals surface area contributed by atoms with Crippen LogP contribution in [0.5, 0.6) is 0 Å². The predicted molar refractivity (Wildman–Crippen MR) is 81.0 cm³/mol. The predicted octanol–water partition coefficient (Wildman–Crippen LogP) is 1.42. The molecule has 1 aromatic carbocycles. The number of ether oxygens (including phenoxy) is 1. The molecule has 0 aromatic heterocycles. The molecular weight excluding hydrogens is 323 g/mol. The van der Waals surface area contributed by atoms with Crippen LogP contribution in [0.25, 0.3) is 0 Å². The molecule has 0 bridgehead atoms. The molecule has 2 N–H and O–H groups in total. The van der Waals surface area contributed by atoms with E-state index < -0.39 is 10.0 Å². The van der Waals surface area contributed by atoms with Crippen molar-refractivity contribution in [2.24, 2.45) is 5.73 Å². The molecule has 1 aliphatic heterocycles. The maximum Gasteiger partial charge on any atom is 0.243 e. The highest BCUT2D eigenvalue weighted by Gasteiger charge is 2.31. The standard InChI is InChI=1S/C12H17ClN2O3S.ClH/c1-9-6-10(13)2-3-12(9)19(16,17)15-4-5-18-11(7-14)8-15;/h2-3,6,11H,4-5,7-8,14H2,1H3;1H. The van der Waals surface area contributed by atoms with E-state index in [2.05, 4.69) is 0 Å². The second kappa shape index (κ2) is 7.06. The zero-order chi connectivity index (χ0) is 14.0. The molecule has 0 aliphatic carbocycles. The fraction of sp³-hybridized carbons (Fsp3) is 0.500. The van der Waals surface area contributed by atoms with E-state index in [1.807, 2.05) is 0 Å². The minimum absolute atomic E-state index is 0. The molecule has 114 valence electrons. The Balaban J connectivity index is 0.00000200. The Kier molecular flexibility index (Phi) is 6.25. The van der Waals surface area contributed by atoms with Gasteiger partial charge in [0.1, 0.15) is 0 Å². The Labute approximate surface area is 130 Å². The Morgan fingerprint density at radius 3 is 2.80 bits per heavy atom. The van der Waals surface area contributed by atoms with E-state index in [1.165, 1.54) is 4.31 Å². The zero-order valence-electron chi connectivity index (χ0n) is 11.1. The molecule has 1 unspecified atom stereocenters. The van der Waals surface area contributed by atoms with Crippen LogP contribution in [0.2, 0.25) is 5.02 Å². The van der Waals surface area contributed by atoms with Crippen LogP contribution in [-0.4, -0.2) is 45.1 Å². The minimum atomic E-state index is -3.51. The smallest absolute Gasteiger partial charge is 0.243 e. The second-order valence-electron chi connectivity index (χ2n) is 4.50. The summed E-state index contributed by atoms with van der Waals surface area (Å²) in [6, 6.07) is 4.78. The fourth-order valence-electron chi connectivity index (χ4n) is 2.09. The molecular formula is C12H18Cl2N2O3S. The van der Waals surface area contributed by atoms with Gasteiger partial charge in [0, 0.05) is 24.7 Å². The summed E-state index contributed by atoms with van der Waals surface area (Å²) in [5, 5.41) is 0.526. The van der Waals surface area contributed by atoms with Crippen LogP contribution in [-0.2, 0) is 14.8 Å². The molecule has 0 saturated carbocycles. The van der Waals surface area contributed by atoms with Gasteiger partial charge in [-0.05, 0) is 30.7 Å². The quantitative estimate of drug-likeness (QED) is 0.903. The molecule has 8 heteroatoms. The van der Waals surface area contributed by atoms with Gasteiger partial charge < -0.3 is 10.5 Å². The van der Waals surface area contributed by atoms with Crippen molar-refractivity contribution in [3.63, 3.8) is 0 Å². The highest BCUT2D eigenvalue weighted by atomic mass is 35.5. The molecule has 1 aromatic rings. The van der Waals surface area contributed by atoms with E-state index in [4.69, 9.17) is 22.1 Å². The molecule has 1 atom stereocenters. The maximum absolute atomic E-state index is 12.6. The van der Waals surface area contributed by atoms with Crippen LogP contribution in [0, 0.1) is 6.92 Å². The van der Waals surface area contributed by atoms with Crippen LogP contribution >= 0.6 is 24.0 Å². The molecule has 1 fully saturated rings. The monoisotopic (exact) mass is 340 g/mol. The van der Waals surface area contributed by atoms with Gasteiger partial charge in [-0.15, -0.1) is 12.4 Å². The van der Waals surface area contributed by atoms with Crippen molar-refractivity contribution in [1.29, 1.82) is 0 Å². The summed E-state index contributed by atoms with van der Waals surface area (Å²) in [6.45, 7) is 3.06. The lowest BCUT2D eigenvalue weighted by atomic mass is 10.2. The lowest BCUT2D eigenvalue weighted by Crippen LogP contribution is -2.48. The van der Waals surface area contributed by atoms with Crippen molar-refractivity contribution in [3.05, 3.63) is 28.8 Å². The Hall–Kier alpha value is -0.370. The van der Waals surface area contributed by atoms with Gasteiger partial charge >= 0.3 is 0 Å². The molecule has 2 rings (SSSR count). The van der Waals surface area contributed by atoms with Crippen molar-refractivity contribution < 1.29 is 13.2 Å². The molecule has 1 aliphatic rings. The van der Waals surface area contributed by atoms with E-state index in [0.717, 1.165) is 0 Å². The molecule has 20 heavy (non-hydrogen) atoms. The lowest BCUT2D eigenvalue weighted by Gasteiger charge is -2.31. The Bertz CT molecular complexity index is 566. The van der Waals surface area contributed by atoms with Gasteiger partial charge in [-0.25, -0.2) is 8.42 Å². The van der Waals surface area contributed by atoms with E-state index in [-0.39, 0.29) is 23.4 Å². The average molecular weight is 341 g/mol. The van der Waals surface area contributed by atoms with Gasteiger partial charge in [0.25, 0.3) is 0 Å². The van der Waals surface area contributed by atoms with Gasteiger partial charge in [0.2, 0.25) is 10.0 Å². The molecule has 0 amide bonds. The van der Waals surface area contributed by atoms with E-state index in [0.29, 0.717) is 36.8 Å². The summed E-state index contributed by atoms with van der Waals surface area (Å²) in [7, 11) is -3.51. The van der Waals surface area contributed by atoms with Crippen molar-refractivity contribution in [3.8, 4) is 0 Å². The second-order valence-corrected chi connectivity index (χ2v) is 6.84. The van der Waals surface area contributed by atoms with Crippen molar-refractivity contribution in [2.45, 2.75) is 17.9 Å². The number of nitrogens with zero attached hydrogens (tertiary/aromatic N) is 1. The van der Waals surface area contributed by atoms with Gasteiger partial charge in [-0.3, -0.25) is 0 Å². The maximum atomic E-state index is 12.6. The van der Waals surface area contributed by atoms with Gasteiger partial charge in [0.05, 0.1) is 17.6 Å². The summed E-state index contributed by atoms with van der Waals surface area (Å²) in [6.07, 6.45) is -0.240. The number of aryl methyl sites for hydroxylation is 1. The third-order valence-electron chi connectivity index (χ3n) is 3.12. The molecule has 1 heterocycles. The van der Waals surface area contributed by atoms with Crippen LogP contribution < -0.4 is 5.73 Å². The number of morpholine rings is 1. The number of hydrogen-bond acceptors (Lipinski definition) is 4. The topological polar surface area (TPSA) is 72.6 Å². The fourth-order valence-corrected chi connectivity index (χ4v) is 3.98. The number of rotatable bonds is 3. The number of sulfonamides is 1. The number of benzene rings is 1. The number of hydrogen-bond donors (Lipinski definition) is 1. The summed E-state index contributed by atoms with van der Waals surface area (Å²) < 4.78 is 31.9. The third-order valence-corrected chi connectivity index (χ3v) is 5.38. The lowest BCUT2D eigenvalue weighted by molar-refractivity contribution is 0.00449. The molecule has 0 radical (unpaired) electrons. The largest absolute Gasteiger partial charge is 0.374 e. The highest BCUT2D eigenvalue weighted by molar-refractivity contribution is 7.89. The molecule has 1 saturated heterocycles.